The average molecular weight is 503 g/mol. The third-order valence-corrected chi connectivity index (χ3v) is 11.4. The van der Waals surface area contributed by atoms with E-state index in [1.807, 2.05) is 0 Å². The van der Waals surface area contributed by atoms with Gasteiger partial charge in [0.05, 0.1) is 6.10 Å². The van der Waals surface area contributed by atoms with Gasteiger partial charge in [-0.3, -0.25) is 4.79 Å². The van der Waals surface area contributed by atoms with Gasteiger partial charge in [0.25, 0.3) is 0 Å². The van der Waals surface area contributed by atoms with Crippen molar-refractivity contribution in [1.82, 2.24) is 4.90 Å². The molecule has 3 fully saturated rings. The Hall–Kier alpha value is -0.870. The summed E-state index contributed by atoms with van der Waals surface area (Å²) in [6.45, 7) is 13.1. The van der Waals surface area contributed by atoms with Crippen LogP contribution in [0.25, 0.3) is 0 Å². The molecule has 4 aliphatic rings. The van der Waals surface area contributed by atoms with Gasteiger partial charge in [0.1, 0.15) is 0 Å². The van der Waals surface area contributed by atoms with Crippen LogP contribution in [-0.2, 0) is 4.79 Å². The number of hydrogen-bond acceptors (Lipinski definition) is 3. The van der Waals surface area contributed by atoms with Gasteiger partial charge in [-0.1, -0.05) is 65.5 Å². The van der Waals surface area contributed by atoms with E-state index in [1.54, 1.807) is 5.57 Å². The van der Waals surface area contributed by atoms with E-state index in [2.05, 4.69) is 59.7 Å². The molecule has 208 valence electrons. The highest BCUT2D eigenvalue weighted by Gasteiger charge is 2.59. The number of carbonyl (C=O) groups is 1. The Morgan fingerprint density at radius 3 is 2.44 bits per heavy atom. The fourth-order valence-corrected chi connectivity index (χ4v) is 9.05. The van der Waals surface area contributed by atoms with E-state index in [-0.39, 0.29) is 12.0 Å². The fourth-order valence-electron chi connectivity index (χ4n) is 9.05. The molecule has 1 unspecified atom stereocenters. The molecule has 3 N–H and O–H groups in total. The maximum atomic E-state index is 11.2. The predicted octanol–water partition coefficient (Wildman–Crippen LogP) is 6.81. The summed E-state index contributed by atoms with van der Waals surface area (Å²) in [5.74, 6) is 4.48. The summed E-state index contributed by atoms with van der Waals surface area (Å²) >= 11 is 0. The van der Waals surface area contributed by atoms with Gasteiger partial charge >= 0.3 is 0 Å². The molecule has 0 saturated heterocycles. The van der Waals surface area contributed by atoms with Crippen LogP contribution >= 0.6 is 0 Å². The summed E-state index contributed by atoms with van der Waals surface area (Å²) in [7, 11) is 4.11. The summed E-state index contributed by atoms with van der Waals surface area (Å²) in [5, 5.41) is 10.2. The Balaban J connectivity index is 0.000000658. The van der Waals surface area contributed by atoms with Crippen LogP contribution in [-0.4, -0.2) is 42.7 Å². The van der Waals surface area contributed by atoms with E-state index in [9.17, 15) is 9.90 Å². The van der Waals surface area contributed by atoms with E-state index in [1.165, 1.54) is 51.4 Å². The molecule has 4 nitrogen and oxygen atoms in total. The van der Waals surface area contributed by atoms with Crippen molar-refractivity contribution < 1.29 is 9.90 Å². The zero-order valence-electron chi connectivity index (χ0n) is 24.7. The lowest BCUT2D eigenvalue weighted by Crippen LogP contribution is -2.50. The van der Waals surface area contributed by atoms with Crippen molar-refractivity contribution in [3.63, 3.8) is 0 Å². The van der Waals surface area contributed by atoms with Crippen LogP contribution in [0.2, 0.25) is 0 Å². The highest BCUT2D eigenvalue weighted by molar-refractivity contribution is 5.73. The lowest BCUT2D eigenvalue weighted by Gasteiger charge is -2.58. The van der Waals surface area contributed by atoms with Gasteiger partial charge in [0, 0.05) is 6.42 Å². The number of carbonyl (C=O) groups excluding carboxylic acids is 1. The van der Waals surface area contributed by atoms with Crippen LogP contribution in [0.15, 0.2) is 11.6 Å². The highest BCUT2D eigenvalue weighted by atomic mass is 16.3. The van der Waals surface area contributed by atoms with Crippen LogP contribution in [0.4, 0.5) is 0 Å². The van der Waals surface area contributed by atoms with E-state index in [4.69, 9.17) is 5.73 Å². The topological polar surface area (TPSA) is 66.6 Å². The van der Waals surface area contributed by atoms with E-state index in [0.29, 0.717) is 23.2 Å². The number of hydrogen-bond donors (Lipinski definition) is 2. The molecule has 0 aliphatic heterocycles. The van der Waals surface area contributed by atoms with E-state index in [0.717, 1.165) is 55.4 Å². The minimum atomic E-state index is -0.158. The molecule has 4 heteroatoms. The van der Waals surface area contributed by atoms with Crippen molar-refractivity contribution in [3.8, 4) is 0 Å². The minimum Gasteiger partial charge on any atom is -0.393 e. The first-order valence-corrected chi connectivity index (χ1v) is 15.2. The normalized spacial score (nSPS) is 39.1. The molecule has 0 spiro atoms. The molecule has 0 radical (unpaired) electrons. The molecular weight excluding hydrogens is 444 g/mol. The molecule has 0 heterocycles. The molecule has 0 aromatic heterocycles. The van der Waals surface area contributed by atoms with Crippen molar-refractivity contribution in [2.75, 3.05) is 20.6 Å². The summed E-state index contributed by atoms with van der Waals surface area (Å²) in [5.41, 5.74) is 7.82. The van der Waals surface area contributed by atoms with Crippen LogP contribution in [0.5, 0.6) is 0 Å². The average Bonchev–Trinajstić information content (AvgIpc) is 3.16. The van der Waals surface area contributed by atoms with Crippen LogP contribution in [0.1, 0.15) is 112 Å². The standard InChI is InChI=1S/C28H47NO2.C4H11N/c1-18(16-26(29)31)6-5-7-19(2)23-10-11-24-22-9-8-20-17-21(30)12-14-27(20,3)25(22)13-15-28(23,24)4;1-4-5(2)3/h8,18-19,21-25,30H,5-7,9-17H2,1-4H3,(H2,29,31);4H2,1-3H3/t18?,19-,21+,22+,23-,24+,25+,27+,28-;/m1./s1. The van der Waals surface area contributed by atoms with Gasteiger partial charge in [-0.2, -0.15) is 0 Å². The number of nitrogens with zero attached hydrogens (tertiary/aromatic N) is 1. The first-order valence-electron chi connectivity index (χ1n) is 15.2. The Labute approximate surface area is 222 Å². The number of fused-ring (bicyclic) bond motifs is 5. The highest BCUT2D eigenvalue weighted by Crippen LogP contribution is 2.67. The maximum Gasteiger partial charge on any atom is 0.217 e. The second-order valence-electron chi connectivity index (χ2n) is 14.0. The SMILES string of the molecule is CC(CCC[C@@H](C)[C@H]1CC[C@H]2[C@@H]3CC=C4C[C@@H](O)CC[C@]4(C)[C@H]3CC[C@]12C)CC(N)=O.CCN(C)C. The summed E-state index contributed by atoms with van der Waals surface area (Å²) in [4.78, 5) is 13.3. The molecule has 1 amide bonds. The number of primary amides is 1. The molecule has 4 rings (SSSR count). The molecule has 9 atom stereocenters. The quantitative estimate of drug-likeness (QED) is 0.358. The van der Waals surface area contributed by atoms with Crippen molar-refractivity contribution in [2.45, 2.75) is 118 Å². The van der Waals surface area contributed by atoms with Gasteiger partial charge < -0.3 is 15.7 Å². The number of amides is 1. The van der Waals surface area contributed by atoms with E-state index < -0.39 is 0 Å². The van der Waals surface area contributed by atoms with Crippen molar-refractivity contribution in [2.24, 2.45) is 52.1 Å². The van der Waals surface area contributed by atoms with Gasteiger partial charge in [-0.25, -0.2) is 0 Å². The van der Waals surface area contributed by atoms with Crippen LogP contribution < -0.4 is 5.73 Å². The molecule has 0 bridgehead atoms. The van der Waals surface area contributed by atoms with Crippen LogP contribution in [0.3, 0.4) is 0 Å². The van der Waals surface area contributed by atoms with Gasteiger partial charge in [-0.15, -0.1) is 0 Å². The van der Waals surface area contributed by atoms with Crippen LogP contribution in [0, 0.1) is 46.3 Å². The first kappa shape index (κ1) is 29.7. The second-order valence-corrected chi connectivity index (χ2v) is 14.0. The molecule has 36 heavy (non-hydrogen) atoms. The Morgan fingerprint density at radius 1 is 1.11 bits per heavy atom. The molecule has 0 aromatic carbocycles. The van der Waals surface area contributed by atoms with Gasteiger partial charge in [-0.05, 0) is 118 Å². The smallest absolute Gasteiger partial charge is 0.217 e. The van der Waals surface area contributed by atoms with Crippen molar-refractivity contribution in [1.29, 1.82) is 0 Å². The monoisotopic (exact) mass is 502 g/mol. The number of allylic oxidation sites excluding steroid dienone is 1. The third kappa shape index (κ3) is 6.40. The Kier molecular flexibility index (Phi) is 10.2. The largest absolute Gasteiger partial charge is 0.393 e. The summed E-state index contributed by atoms with van der Waals surface area (Å²) in [6, 6.07) is 0. The number of aliphatic hydroxyl groups excluding tert-OH is 1. The molecule has 4 aliphatic carbocycles. The minimum absolute atomic E-state index is 0.105. The summed E-state index contributed by atoms with van der Waals surface area (Å²) < 4.78 is 0. The third-order valence-electron chi connectivity index (χ3n) is 11.4. The Bertz CT molecular complexity index is 763. The van der Waals surface area contributed by atoms with E-state index >= 15 is 0 Å². The van der Waals surface area contributed by atoms with Crippen molar-refractivity contribution >= 4 is 5.91 Å². The predicted molar refractivity (Wildman–Crippen MR) is 151 cm³/mol. The second kappa shape index (κ2) is 12.3. The zero-order valence-corrected chi connectivity index (χ0v) is 24.7. The first-order chi connectivity index (χ1) is 16.9. The number of aliphatic hydroxyl groups is 1. The van der Waals surface area contributed by atoms with Gasteiger partial charge in [0.2, 0.25) is 5.91 Å². The van der Waals surface area contributed by atoms with Gasteiger partial charge in [0.15, 0.2) is 0 Å². The lowest BCUT2D eigenvalue weighted by molar-refractivity contribution is -0.118. The Morgan fingerprint density at radius 2 is 1.81 bits per heavy atom. The molecule has 0 aromatic rings. The maximum absolute atomic E-state index is 11.2. The van der Waals surface area contributed by atoms with Crippen molar-refractivity contribution in [3.05, 3.63) is 11.6 Å². The zero-order chi connectivity index (χ0) is 26.7. The number of nitrogens with two attached hydrogens (primary N) is 1. The molecular formula is C32H58N2O2. The summed E-state index contributed by atoms with van der Waals surface area (Å²) in [6.07, 6.45) is 16.6. The fraction of sp³-hybridized carbons (Fsp3) is 0.906. The number of rotatable bonds is 8. The lowest BCUT2D eigenvalue weighted by atomic mass is 9.47. The molecule has 3 saturated carbocycles.